The molecule has 0 saturated heterocycles. The molecule has 0 spiro atoms. The number of hydrogen-bond donors (Lipinski definition) is 0. The Bertz CT molecular complexity index is 1280. The number of benzene rings is 3. The van der Waals surface area contributed by atoms with Crippen LogP contribution in [0.4, 0.5) is 5.69 Å². The van der Waals surface area contributed by atoms with Gasteiger partial charge >= 0.3 is 0 Å². The summed E-state index contributed by atoms with van der Waals surface area (Å²) in [5.41, 5.74) is 5.03. The molecule has 4 unspecified atom stereocenters. The number of anilines is 1. The lowest BCUT2D eigenvalue weighted by atomic mass is 9.47. The van der Waals surface area contributed by atoms with Crippen LogP contribution in [-0.4, -0.2) is 11.9 Å². The lowest BCUT2D eigenvalue weighted by Crippen LogP contribution is -2.57. The molecule has 4 aromatic rings. The van der Waals surface area contributed by atoms with Crippen LogP contribution in [0.25, 0.3) is 0 Å². The van der Waals surface area contributed by atoms with Gasteiger partial charge in [-0.1, -0.05) is 91.0 Å². The molecule has 2 bridgehead atoms. The largest absolute Gasteiger partial charge is 0.310 e. The van der Waals surface area contributed by atoms with Crippen molar-refractivity contribution in [1.82, 2.24) is 0 Å². The minimum Gasteiger partial charge on any atom is -0.310 e. The predicted molar refractivity (Wildman–Crippen MR) is 150 cm³/mol. The predicted octanol–water partition coefficient (Wildman–Crippen LogP) is 7.65. The van der Waals surface area contributed by atoms with Crippen molar-refractivity contribution >= 4 is 11.6 Å². The molecule has 37 heavy (non-hydrogen) atoms. The number of carbonyl (C=O) groups excluding carboxylic acids is 1. The van der Waals surface area contributed by atoms with Crippen molar-refractivity contribution in [2.24, 2.45) is 0 Å². The van der Waals surface area contributed by atoms with E-state index in [-0.39, 0.29) is 22.8 Å². The lowest BCUT2D eigenvalue weighted by Gasteiger charge is -2.59. The summed E-state index contributed by atoms with van der Waals surface area (Å²) >= 11 is 0. The molecule has 2 fully saturated rings. The first kappa shape index (κ1) is 23.6. The van der Waals surface area contributed by atoms with Gasteiger partial charge in [-0.25, -0.2) is 0 Å². The van der Waals surface area contributed by atoms with Crippen LogP contribution in [0.2, 0.25) is 0 Å². The SMILES string of the molecule is CC(=O)N(c1ccccc1)C1CC2(c3cc#ccc3)CC(c3ccccc3)CC(c3ccccc3)(C1)C2. The fraction of sp³-hybridized carbons (Fsp3) is 0.286. The van der Waals surface area contributed by atoms with Gasteiger partial charge in [0.1, 0.15) is 0 Å². The average Bonchev–Trinajstić information content (AvgIpc) is 2.94. The van der Waals surface area contributed by atoms with Crippen LogP contribution in [0.15, 0.2) is 109 Å². The van der Waals surface area contributed by atoms with Crippen molar-refractivity contribution in [2.75, 3.05) is 4.90 Å². The average molecular weight is 484 g/mol. The Morgan fingerprint density at radius 2 is 1.32 bits per heavy atom. The molecular weight excluding hydrogens is 450 g/mol. The number of carbonyl (C=O) groups is 1. The molecule has 2 heteroatoms. The minimum atomic E-state index is -0.0639. The Labute approximate surface area is 221 Å². The van der Waals surface area contributed by atoms with Crippen molar-refractivity contribution < 1.29 is 4.79 Å². The van der Waals surface area contributed by atoms with Crippen LogP contribution < -0.4 is 4.90 Å². The van der Waals surface area contributed by atoms with E-state index < -0.39 is 0 Å². The molecule has 2 nitrogen and oxygen atoms in total. The third kappa shape index (κ3) is 4.34. The van der Waals surface area contributed by atoms with Crippen molar-refractivity contribution in [2.45, 2.75) is 61.8 Å². The standard InChI is InChI=1S/C35H33NO/c1-27(37)36(32-20-12-5-13-21-32)33-24-34(30-16-8-3-9-17-30)22-29(28-14-6-2-7-15-28)23-35(25-33,26-34)31-18-10-4-11-19-31/h2-3,5-10,12-21,29,33H,22-26H2,1H3. The van der Waals surface area contributed by atoms with E-state index in [0.717, 1.165) is 37.8 Å². The van der Waals surface area contributed by atoms with E-state index in [1.54, 1.807) is 6.92 Å². The van der Waals surface area contributed by atoms with Crippen molar-refractivity contribution in [3.63, 3.8) is 0 Å². The van der Waals surface area contributed by atoms with Gasteiger partial charge in [0.2, 0.25) is 5.91 Å². The van der Waals surface area contributed by atoms with Gasteiger partial charge < -0.3 is 4.90 Å². The van der Waals surface area contributed by atoms with Crippen LogP contribution in [0.3, 0.4) is 0 Å². The van der Waals surface area contributed by atoms with Gasteiger partial charge in [-0.05, 0) is 95.9 Å². The van der Waals surface area contributed by atoms with Gasteiger partial charge in [0.05, 0.1) is 0 Å². The summed E-state index contributed by atoms with van der Waals surface area (Å²) in [6, 6.07) is 45.2. The fourth-order valence-electron chi connectivity index (χ4n) is 7.62. The molecular formula is C35H33NO. The monoisotopic (exact) mass is 483 g/mol. The molecule has 0 radical (unpaired) electrons. The Hall–Kier alpha value is -3.83. The van der Waals surface area contributed by atoms with Gasteiger partial charge in [-0.2, -0.15) is 0 Å². The smallest absolute Gasteiger partial charge is 0.224 e. The number of hydrogen-bond acceptors (Lipinski definition) is 1. The molecule has 0 heterocycles. The number of para-hydroxylation sites is 1. The second kappa shape index (κ2) is 9.56. The Morgan fingerprint density at radius 3 is 1.92 bits per heavy atom. The first-order valence-electron chi connectivity index (χ1n) is 13.4. The second-order valence-electron chi connectivity index (χ2n) is 11.1. The zero-order valence-electron chi connectivity index (χ0n) is 21.4. The van der Waals surface area contributed by atoms with E-state index in [0.29, 0.717) is 5.92 Å². The highest BCUT2D eigenvalue weighted by Crippen LogP contribution is 2.62. The molecule has 4 aromatic carbocycles. The molecule has 1 amide bonds. The maximum atomic E-state index is 13.2. The molecule has 4 atom stereocenters. The minimum absolute atomic E-state index is 0.0367. The summed E-state index contributed by atoms with van der Waals surface area (Å²) in [5.74, 6) is 0.560. The zero-order chi connectivity index (χ0) is 25.3. The van der Waals surface area contributed by atoms with Crippen LogP contribution >= 0.6 is 0 Å². The van der Waals surface area contributed by atoms with Crippen LogP contribution in [0.5, 0.6) is 0 Å². The van der Waals surface area contributed by atoms with Crippen LogP contribution in [0.1, 0.15) is 61.6 Å². The van der Waals surface area contributed by atoms with E-state index in [4.69, 9.17) is 0 Å². The highest BCUT2D eigenvalue weighted by atomic mass is 16.2. The normalized spacial score (nSPS) is 26.6. The van der Waals surface area contributed by atoms with Gasteiger partial charge in [0.25, 0.3) is 0 Å². The quantitative estimate of drug-likeness (QED) is 0.285. The first-order chi connectivity index (χ1) is 18.1. The molecule has 2 aliphatic rings. The number of rotatable bonds is 5. The number of amides is 1. The Kier molecular flexibility index (Phi) is 6.09. The first-order valence-corrected chi connectivity index (χ1v) is 13.4. The topological polar surface area (TPSA) is 20.3 Å². The highest BCUT2D eigenvalue weighted by Gasteiger charge is 2.56. The molecule has 2 saturated carbocycles. The molecule has 0 aliphatic heterocycles. The number of nitrogens with zero attached hydrogens (tertiary/aromatic N) is 1. The maximum absolute atomic E-state index is 13.2. The van der Waals surface area contributed by atoms with Gasteiger partial charge in [-0.3, -0.25) is 4.79 Å². The van der Waals surface area contributed by atoms with Crippen LogP contribution in [-0.2, 0) is 15.6 Å². The Morgan fingerprint density at radius 1 is 0.730 bits per heavy atom. The zero-order valence-corrected chi connectivity index (χ0v) is 21.4. The summed E-state index contributed by atoms with van der Waals surface area (Å²) in [5, 5.41) is 0. The Balaban J connectivity index is 1.53. The van der Waals surface area contributed by atoms with E-state index in [9.17, 15) is 4.79 Å². The summed E-state index contributed by atoms with van der Waals surface area (Å²) in [4.78, 5) is 15.3. The number of fused-ring (bicyclic) bond motifs is 2. The van der Waals surface area contributed by atoms with Crippen molar-refractivity contribution in [3.8, 4) is 0 Å². The summed E-state index contributed by atoms with van der Waals surface area (Å²) in [7, 11) is 0. The third-order valence-electron chi connectivity index (χ3n) is 8.87. The second-order valence-corrected chi connectivity index (χ2v) is 11.1. The van der Waals surface area contributed by atoms with Gasteiger partial charge in [0.15, 0.2) is 0 Å². The molecule has 0 N–H and O–H groups in total. The van der Waals surface area contributed by atoms with E-state index in [1.165, 1.54) is 16.7 Å². The summed E-state index contributed by atoms with van der Waals surface area (Å²) in [6.45, 7) is 1.72. The lowest BCUT2D eigenvalue weighted by molar-refractivity contribution is -0.117. The van der Waals surface area contributed by atoms with Gasteiger partial charge in [0, 0.05) is 18.7 Å². The van der Waals surface area contributed by atoms with E-state index >= 15 is 0 Å². The van der Waals surface area contributed by atoms with Crippen molar-refractivity contribution in [1.29, 1.82) is 0 Å². The maximum Gasteiger partial charge on any atom is 0.224 e. The molecule has 2 aliphatic carbocycles. The van der Waals surface area contributed by atoms with Crippen molar-refractivity contribution in [3.05, 3.63) is 138 Å². The summed E-state index contributed by atoms with van der Waals surface area (Å²) in [6.07, 6.45) is 5.14. The van der Waals surface area contributed by atoms with Crippen LogP contribution in [0, 0.1) is 12.1 Å². The molecule has 0 aromatic heterocycles. The summed E-state index contributed by atoms with van der Waals surface area (Å²) < 4.78 is 0. The highest BCUT2D eigenvalue weighted by molar-refractivity contribution is 5.92. The fourth-order valence-corrected chi connectivity index (χ4v) is 7.62. The van der Waals surface area contributed by atoms with Gasteiger partial charge in [-0.15, -0.1) is 0 Å². The molecule has 184 valence electrons. The van der Waals surface area contributed by atoms with E-state index in [1.807, 2.05) is 24.3 Å². The third-order valence-corrected chi connectivity index (χ3v) is 8.87. The molecule has 6 rings (SSSR count). The van der Waals surface area contributed by atoms with E-state index in [2.05, 4.69) is 102 Å².